The van der Waals surface area contributed by atoms with E-state index in [0.29, 0.717) is 0 Å². The minimum absolute atomic E-state index is 0.278. The van der Waals surface area contributed by atoms with Gasteiger partial charge < -0.3 is 15.8 Å². The summed E-state index contributed by atoms with van der Waals surface area (Å²) in [6.45, 7) is 1.66. The zero-order valence-corrected chi connectivity index (χ0v) is 7.84. The van der Waals surface area contributed by atoms with E-state index in [-0.39, 0.29) is 6.04 Å². The fourth-order valence-corrected chi connectivity index (χ4v) is 1.56. The Balaban J connectivity index is 2.30. The number of hydrogen-bond acceptors (Lipinski definition) is 3. The third kappa shape index (κ3) is 3.14. The van der Waals surface area contributed by atoms with E-state index in [2.05, 4.69) is 5.32 Å². The van der Waals surface area contributed by atoms with Gasteiger partial charge in [0, 0.05) is 11.8 Å². The van der Waals surface area contributed by atoms with Crippen LogP contribution in [0.5, 0.6) is 0 Å². The molecule has 0 heterocycles. The van der Waals surface area contributed by atoms with E-state index in [1.165, 1.54) is 0 Å². The Morgan fingerprint density at radius 3 is 2.62 bits per heavy atom. The van der Waals surface area contributed by atoms with Gasteiger partial charge in [-0.3, -0.25) is 4.79 Å². The predicted molar refractivity (Wildman–Crippen MR) is 50.2 cm³/mol. The molecule has 0 bridgehead atoms. The molecule has 0 aromatic rings. The highest BCUT2D eigenvalue weighted by atomic mass is 16.4. The topological polar surface area (TPSA) is 73.2 Å². The first-order chi connectivity index (χ1) is 6.09. The quantitative estimate of drug-likeness (QED) is 0.613. The molecule has 0 saturated heterocycles. The van der Waals surface area contributed by atoms with Crippen molar-refractivity contribution in [3.05, 3.63) is 0 Å². The van der Waals surface area contributed by atoms with Crippen molar-refractivity contribution in [2.24, 2.45) is 0 Å². The van der Waals surface area contributed by atoms with Crippen molar-refractivity contribution in [1.29, 1.82) is 5.41 Å². The van der Waals surface area contributed by atoms with Gasteiger partial charge in [-0.1, -0.05) is 0 Å². The second-order valence-electron chi connectivity index (χ2n) is 3.60. The number of aliphatic carboxylic acids is 1. The average molecular weight is 184 g/mol. The van der Waals surface area contributed by atoms with Gasteiger partial charge in [-0.05, 0) is 32.6 Å². The molecule has 0 aromatic heterocycles. The molecule has 0 amide bonds. The summed E-state index contributed by atoms with van der Waals surface area (Å²) in [6.07, 6.45) is 3.42. The zero-order valence-electron chi connectivity index (χ0n) is 7.84. The molecule has 4 heteroatoms. The molecule has 1 rings (SSSR count). The standard InChI is InChI=1S/C9H16N2O2/c1-6(9(12)13)11-8-4-2-7(10)3-5-8/h6,8,10-11H,2-5H2,1H3,(H,12,13). The fourth-order valence-electron chi connectivity index (χ4n) is 1.56. The van der Waals surface area contributed by atoms with Crippen molar-refractivity contribution < 1.29 is 9.90 Å². The Bertz CT molecular complexity index is 206. The largest absolute Gasteiger partial charge is 0.480 e. The van der Waals surface area contributed by atoms with Crippen LogP contribution >= 0.6 is 0 Å². The van der Waals surface area contributed by atoms with E-state index >= 15 is 0 Å². The summed E-state index contributed by atoms with van der Waals surface area (Å²) in [5, 5.41) is 19.1. The summed E-state index contributed by atoms with van der Waals surface area (Å²) >= 11 is 0. The summed E-state index contributed by atoms with van der Waals surface area (Å²) < 4.78 is 0. The van der Waals surface area contributed by atoms with Crippen molar-refractivity contribution >= 4 is 11.7 Å². The van der Waals surface area contributed by atoms with Crippen molar-refractivity contribution in [3.8, 4) is 0 Å². The van der Waals surface area contributed by atoms with E-state index in [0.717, 1.165) is 31.4 Å². The smallest absolute Gasteiger partial charge is 0.320 e. The zero-order chi connectivity index (χ0) is 9.84. The number of carbonyl (C=O) groups is 1. The third-order valence-corrected chi connectivity index (χ3v) is 2.45. The van der Waals surface area contributed by atoms with E-state index in [1.807, 2.05) is 0 Å². The lowest BCUT2D eigenvalue weighted by atomic mass is 9.93. The minimum atomic E-state index is -0.805. The van der Waals surface area contributed by atoms with Crippen molar-refractivity contribution in [3.63, 3.8) is 0 Å². The van der Waals surface area contributed by atoms with Crippen molar-refractivity contribution in [1.82, 2.24) is 5.32 Å². The maximum absolute atomic E-state index is 10.5. The van der Waals surface area contributed by atoms with Crippen molar-refractivity contribution in [2.75, 3.05) is 0 Å². The van der Waals surface area contributed by atoms with Gasteiger partial charge in [0.05, 0.1) is 0 Å². The molecule has 1 unspecified atom stereocenters. The van der Waals surface area contributed by atoms with E-state index < -0.39 is 12.0 Å². The van der Waals surface area contributed by atoms with Crippen LogP contribution < -0.4 is 5.32 Å². The van der Waals surface area contributed by atoms with Crippen LogP contribution in [-0.2, 0) is 4.79 Å². The van der Waals surface area contributed by atoms with Crippen LogP contribution in [0.25, 0.3) is 0 Å². The Morgan fingerprint density at radius 2 is 2.15 bits per heavy atom. The Hall–Kier alpha value is -0.900. The predicted octanol–water partition coefficient (Wildman–Crippen LogP) is 1.01. The molecule has 1 fully saturated rings. The van der Waals surface area contributed by atoms with Gasteiger partial charge in [-0.15, -0.1) is 0 Å². The monoisotopic (exact) mass is 184 g/mol. The molecular weight excluding hydrogens is 168 g/mol. The average Bonchev–Trinajstić information content (AvgIpc) is 2.08. The normalized spacial score (nSPS) is 25.6. The first kappa shape index (κ1) is 10.2. The van der Waals surface area contributed by atoms with Gasteiger partial charge in [-0.2, -0.15) is 0 Å². The molecule has 0 radical (unpaired) electrons. The second kappa shape index (κ2) is 4.37. The molecule has 0 spiro atoms. The van der Waals surface area contributed by atoms with Crippen LogP contribution in [-0.4, -0.2) is 28.9 Å². The summed E-state index contributed by atoms with van der Waals surface area (Å²) in [6, 6.07) is -0.197. The summed E-state index contributed by atoms with van der Waals surface area (Å²) in [4.78, 5) is 10.5. The van der Waals surface area contributed by atoms with Crippen LogP contribution in [0.1, 0.15) is 32.6 Å². The van der Waals surface area contributed by atoms with Crippen LogP contribution in [0, 0.1) is 5.41 Å². The summed E-state index contributed by atoms with van der Waals surface area (Å²) in [5.41, 5.74) is 0.793. The number of carboxylic acid groups (broad SMARTS) is 1. The van der Waals surface area contributed by atoms with Crippen LogP contribution in [0.3, 0.4) is 0 Å². The molecule has 1 aliphatic rings. The molecule has 1 saturated carbocycles. The maximum Gasteiger partial charge on any atom is 0.320 e. The van der Waals surface area contributed by atoms with Crippen molar-refractivity contribution in [2.45, 2.75) is 44.7 Å². The first-order valence-electron chi connectivity index (χ1n) is 4.64. The van der Waals surface area contributed by atoms with Gasteiger partial charge in [-0.25, -0.2) is 0 Å². The SMILES string of the molecule is CC(NC1CCC(=N)CC1)C(=O)O. The number of carboxylic acids is 1. The Morgan fingerprint density at radius 1 is 1.62 bits per heavy atom. The molecule has 0 aliphatic heterocycles. The molecule has 74 valence electrons. The van der Waals surface area contributed by atoms with Crippen LogP contribution in [0.15, 0.2) is 0 Å². The Kier molecular flexibility index (Phi) is 3.42. The summed E-state index contributed by atoms with van der Waals surface area (Å²) in [7, 11) is 0. The van der Waals surface area contributed by atoms with E-state index in [4.69, 9.17) is 10.5 Å². The lowest BCUT2D eigenvalue weighted by Gasteiger charge is -2.25. The number of rotatable bonds is 3. The highest BCUT2D eigenvalue weighted by molar-refractivity contribution is 5.82. The third-order valence-electron chi connectivity index (χ3n) is 2.45. The molecular formula is C9H16N2O2. The number of nitrogens with one attached hydrogen (secondary N) is 2. The van der Waals surface area contributed by atoms with Crippen LogP contribution in [0.2, 0.25) is 0 Å². The lowest BCUT2D eigenvalue weighted by molar-refractivity contribution is -0.139. The molecule has 1 atom stereocenters. The van der Waals surface area contributed by atoms with Gasteiger partial charge in [0.2, 0.25) is 0 Å². The van der Waals surface area contributed by atoms with Crippen LogP contribution in [0.4, 0.5) is 0 Å². The second-order valence-corrected chi connectivity index (χ2v) is 3.60. The fraction of sp³-hybridized carbons (Fsp3) is 0.778. The summed E-state index contributed by atoms with van der Waals surface area (Å²) in [5.74, 6) is -0.805. The highest BCUT2D eigenvalue weighted by Gasteiger charge is 2.20. The highest BCUT2D eigenvalue weighted by Crippen LogP contribution is 2.15. The number of hydrogen-bond donors (Lipinski definition) is 3. The first-order valence-corrected chi connectivity index (χ1v) is 4.64. The van der Waals surface area contributed by atoms with Gasteiger partial charge in [0.1, 0.15) is 6.04 Å². The van der Waals surface area contributed by atoms with E-state index in [9.17, 15) is 4.79 Å². The molecule has 1 aliphatic carbocycles. The minimum Gasteiger partial charge on any atom is -0.480 e. The molecule has 4 nitrogen and oxygen atoms in total. The molecule has 3 N–H and O–H groups in total. The maximum atomic E-state index is 10.5. The van der Waals surface area contributed by atoms with Gasteiger partial charge >= 0.3 is 5.97 Å². The van der Waals surface area contributed by atoms with E-state index in [1.54, 1.807) is 6.92 Å². The van der Waals surface area contributed by atoms with Gasteiger partial charge in [0.25, 0.3) is 0 Å². The molecule has 13 heavy (non-hydrogen) atoms. The Labute approximate surface area is 77.8 Å². The van der Waals surface area contributed by atoms with Gasteiger partial charge in [0.15, 0.2) is 0 Å². The lowest BCUT2D eigenvalue weighted by Crippen LogP contribution is -2.43. The molecule has 0 aromatic carbocycles.